The van der Waals surface area contributed by atoms with Gasteiger partial charge in [-0.15, -0.1) is 0 Å². The summed E-state index contributed by atoms with van der Waals surface area (Å²) < 4.78 is 19.6. The molecule has 0 amide bonds. The fourth-order valence-corrected chi connectivity index (χ4v) is 36.3. The standard InChI is InChI=1S/4C3H5.2C2H4O2.O.2Sn/c4*1-3-2;2*1-2(3)4;;;/h4*3H,1-2H2;2*1H3,(H,3,4);;;/q;;;;;;;2*+1/p-2. The molecule has 0 aromatic heterocycles. The van der Waals surface area contributed by atoms with Crippen LogP contribution in [0.5, 0.6) is 0 Å². The van der Waals surface area contributed by atoms with Crippen molar-refractivity contribution in [1.29, 1.82) is 0 Å². The van der Waals surface area contributed by atoms with Crippen molar-refractivity contribution in [3.8, 4) is 0 Å². The van der Waals surface area contributed by atoms with E-state index in [-0.39, 0.29) is 0 Å². The molecule has 0 aliphatic heterocycles. The first-order chi connectivity index (χ1) is 10.8. The van der Waals surface area contributed by atoms with Gasteiger partial charge < -0.3 is 0 Å². The van der Waals surface area contributed by atoms with Crippen molar-refractivity contribution in [1.82, 2.24) is 0 Å². The summed E-state index contributed by atoms with van der Waals surface area (Å²) >= 11 is -7.77. The van der Waals surface area contributed by atoms with Crippen LogP contribution >= 0.6 is 0 Å². The molecule has 23 heavy (non-hydrogen) atoms. The van der Waals surface area contributed by atoms with Gasteiger partial charge in [0.05, 0.1) is 0 Å². The maximum atomic E-state index is 11.6. The summed E-state index contributed by atoms with van der Waals surface area (Å²) in [4.78, 5) is 23.2. The molecule has 0 radical (unpaired) electrons. The Morgan fingerprint density at radius 3 is 1.17 bits per heavy atom. The number of carbonyl (C=O) groups excluding carboxylic acids is 2. The molecule has 0 heterocycles. The van der Waals surface area contributed by atoms with E-state index in [9.17, 15) is 9.59 Å². The van der Waals surface area contributed by atoms with E-state index in [0.717, 1.165) is 0 Å². The molecular weight excluding hydrogens is 510 g/mol. The first kappa shape index (κ1) is 22.5. The molecule has 128 valence electrons. The van der Waals surface area contributed by atoms with E-state index < -0.39 is 50.3 Å². The van der Waals surface area contributed by atoms with Crippen molar-refractivity contribution in [3.05, 3.63) is 50.6 Å². The van der Waals surface area contributed by atoms with E-state index in [2.05, 4.69) is 26.3 Å². The Balaban J connectivity index is 5.85. The molecule has 5 nitrogen and oxygen atoms in total. The summed E-state index contributed by atoms with van der Waals surface area (Å²) in [6, 6.07) is 0. The van der Waals surface area contributed by atoms with Crippen molar-refractivity contribution in [2.75, 3.05) is 0 Å². The Morgan fingerprint density at radius 1 is 0.739 bits per heavy atom. The van der Waals surface area contributed by atoms with Gasteiger partial charge in [-0.05, 0) is 0 Å². The van der Waals surface area contributed by atoms with Gasteiger partial charge in [-0.25, -0.2) is 0 Å². The van der Waals surface area contributed by atoms with Crippen LogP contribution in [0.25, 0.3) is 0 Å². The number of hydrogen-bond donors (Lipinski definition) is 0. The first-order valence-electron chi connectivity index (χ1n) is 7.31. The molecule has 0 fully saturated rings. The monoisotopic (exact) mass is 538 g/mol. The van der Waals surface area contributed by atoms with Gasteiger partial charge in [0.2, 0.25) is 0 Å². The predicted molar refractivity (Wildman–Crippen MR) is 96.1 cm³/mol. The van der Waals surface area contributed by atoms with Crippen LogP contribution in [-0.4, -0.2) is 50.3 Å². The first-order valence-corrected chi connectivity index (χ1v) is 20.0. The molecule has 0 bridgehead atoms. The summed E-state index contributed by atoms with van der Waals surface area (Å²) in [5, 5.41) is 0. The van der Waals surface area contributed by atoms with Gasteiger partial charge >= 0.3 is 150 Å². The topological polar surface area (TPSA) is 61.8 Å². The maximum absolute atomic E-state index is 11.6. The SMILES string of the molecule is C=C[CH2][Sn]([CH2]C=C)([O]C(C)=O)[O][Sn]([CH2]C=C)([CH2]C=C)[O]C(C)=O. The minimum absolute atomic E-state index is 0.398. The van der Waals surface area contributed by atoms with Gasteiger partial charge in [-0.1, -0.05) is 0 Å². The van der Waals surface area contributed by atoms with E-state index in [1.807, 2.05) is 0 Å². The molecule has 0 spiro atoms. The second-order valence-electron chi connectivity index (χ2n) is 5.08. The van der Waals surface area contributed by atoms with Crippen molar-refractivity contribution >= 4 is 50.3 Å². The third-order valence-corrected chi connectivity index (χ3v) is 33.4. The van der Waals surface area contributed by atoms with Gasteiger partial charge in [0.25, 0.3) is 0 Å². The zero-order valence-electron chi connectivity index (χ0n) is 14.0. The summed E-state index contributed by atoms with van der Waals surface area (Å²) in [6.45, 7) is 17.7. The predicted octanol–water partition coefficient (Wildman–Crippen LogP) is 3.76. The van der Waals surface area contributed by atoms with Crippen LogP contribution in [0.4, 0.5) is 0 Å². The van der Waals surface area contributed by atoms with Crippen LogP contribution in [0, 0.1) is 0 Å². The zero-order valence-corrected chi connectivity index (χ0v) is 19.7. The van der Waals surface area contributed by atoms with Gasteiger partial charge in [0, 0.05) is 0 Å². The Hall–Kier alpha value is -0.543. The zero-order chi connectivity index (χ0) is 17.9. The van der Waals surface area contributed by atoms with E-state index >= 15 is 0 Å². The van der Waals surface area contributed by atoms with Crippen LogP contribution in [0.2, 0.25) is 17.7 Å². The Bertz CT molecular complexity index is 411. The molecule has 7 heteroatoms. The number of carbonyl (C=O) groups is 2. The average molecular weight is 536 g/mol. The summed E-state index contributed by atoms with van der Waals surface area (Å²) in [5.74, 6) is -0.797. The Labute approximate surface area is 149 Å². The summed E-state index contributed by atoms with van der Waals surface area (Å²) in [7, 11) is 0. The molecule has 0 rings (SSSR count). The van der Waals surface area contributed by atoms with Gasteiger partial charge in [0.1, 0.15) is 0 Å². The van der Waals surface area contributed by atoms with Crippen molar-refractivity contribution < 1.29 is 17.1 Å². The third kappa shape index (κ3) is 8.21. The average Bonchev–Trinajstić information content (AvgIpc) is 2.37. The molecule has 0 saturated carbocycles. The molecule has 0 atom stereocenters. The van der Waals surface area contributed by atoms with Gasteiger partial charge in [-0.3, -0.25) is 0 Å². The second kappa shape index (κ2) is 11.1. The fourth-order valence-electron chi connectivity index (χ4n) is 2.28. The molecule has 0 aromatic carbocycles. The van der Waals surface area contributed by atoms with E-state index in [4.69, 9.17) is 7.56 Å². The third-order valence-electron chi connectivity index (χ3n) is 2.85. The minimum atomic E-state index is -3.89. The van der Waals surface area contributed by atoms with E-state index in [1.165, 1.54) is 13.8 Å². The van der Waals surface area contributed by atoms with E-state index in [1.54, 1.807) is 24.3 Å². The molecular formula is C16H26O5Sn2. The molecule has 0 aliphatic carbocycles. The molecule has 0 N–H and O–H groups in total. The number of allylic oxidation sites excluding steroid dienone is 4. The van der Waals surface area contributed by atoms with Crippen LogP contribution in [0.1, 0.15) is 13.8 Å². The molecule has 0 unspecified atom stereocenters. The van der Waals surface area contributed by atoms with Crippen LogP contribution in [0.15, 0.2) is 50.6 Å². The van der Waals surface area contributed by atoms with Gasteiger partial charge in [-0.2, -0.15) is 0 Å². The van der Waals surface area contributed by atoms with Crippen molar-refractivity contribution in [2.24, 2.45) is 0 Å². The van der Waals surface area contributed by atoms with Crippen molar-refractivity contribution in [3.63, 3.8) is 0 Å². The second-order valence-corrected chi connectivity index (χ2v) is 25.8. The van der Waals surface area contributed by atoms with Crippen molar-refractivity contribution in [2.45, 2.75) is 31.6 Å². The van der Waals surface area contributed by atoms with Crippen LogP contribution < -0.4 is 0 Å². The van der Waals surface area contributed by atoms with Crippen LogP contribution in [-0.2, 0) is 17.1 Å². The molecule has 0 saturated heterocycles. The summed E-state index contributed by atoms with van der Waals surface area (Å²) in [5.41, 5.74) is 0. The molecule has 0 aliphatic rings. The van der Waals surface area contributed by atoms with Gasteiger partial charge in [0.15, 0.2) is 0 Å². The Morgan fingerprint density at radius 2 is 1.00 bits per heavy atom. The van der Waals surface area contributed by atoms with Crippen LogP contribution in [0.3, 0.4) is 0 Å². The van der Waals surface area contributed by atoms with E-state index in [0.29, 0.717) is 17.7 Å². The quantitative estimate of drug-likeness (QED) is 0.281. The summed E-state index contributed by atoms with van der Waals surface area (Å²) in [6.07, 6.45) is 6.76. The fraction of sp³-hybridized carbons (Fsp3) is 0.375. The molecule has 0 aromatic rings. The number of rotatable bonds is 12. The number of hydrogen-bond acceptors (Lipinski definition) is 5. The normalized spacial score (nSPS) is 11.2. The Kier molecular flexibility index (Phi) is 10.8.